The Morgan fingerprint density at radius 3 is 2.50 bits per heavy atom. The molecule has 0 spiro atoms. The smallest absolute Gasteiger partial charge is 0.340 e. The lowest BCUT2D eigenvalue weighted by molar-refractivity contribution is -0.149. The molecule has 1 atom stereocenters. The van der Waals surface area contributed by atoms with Gasteiger partial charge in [-0.05, 0) is 12.8 Å². The van der Waals surface area contributed by atoms with Gasteiger partial charge in [-0.3, -0.25) is 0 Å². The average molecular weight is 170 g/mol. The minimum atomic E-state index is -0.523. The molecule has 0 N–H and O–H groups in total. The molecule has 0 aromatic heterocycles. The first-order valence-corrected chi connectivity index (χ1v) is 4.52. The third-order valence-electron chi connectivity index (χ3n) is 3.00. The summed E-state index contributed by atoms with van der Waals surface area (Å²) in [4.78, 5) is 11.3. The molecule has 12 heavy (non-hydrogen) atoms. The van der Waals surface area contributed by atoms with Crippen LogP contribution in [0.5, 0.6) is 0 Å². The molecule has 1 aliphatic heterocycles. The number of rotatable bonds is 2. The SMILES string of the molecule is COC(=O)C1(C2CCCC2)CO1. The van der Waals surface area contributed by atoms with Gasteiger partial charge in [0, 0.05) is 5.92 Å². The Labute approximate surface area is 72.0 Å². The van der Waals surface area contributed by atoms with Crippen molar-refractivity contribution in [2.45, 2.75) is 31.3 Å². The third-order valence-corrected chi connectivity index (χ3v) is 3.00. The minimum absolute atomic E-state index is 0.172. The van der Waals surface area contributed by atoms with E-state index in [4.69, 9.17) is 9.47 Å². The topological polar surface area (TPSA) is 38.8 Å². The van der Waals surface area contributed by atoms with Crippen molar-refractivity contribution < 1.29 is 14.3 Å². The summed E-state index contributed by atoms with van der Waals surface area (Å²) in [5.41, 5.74) is -0.523. The van der Waals surface area contributed by atoms with E-state index in [0.717, 1.165) is 12.8 Å². The largest absolute Gasteiger partial charge is 0.467 e. The fourth-order valence-electron chi connectivity index (χ4n) is 2.16. The maximum atomic E-state index is 11.3. The van der Waals surface area contributed by atoms with Crippen LogP contribution in [-0.4, -0.2) is 25.3 Å². The highest BCUT2D eigenvalue weighted by Crippen LogP contribution is 2.45. The zero-order valence-electron chi connectivity index (χ0n) is 7.34. The van der Waals surface area contributed by atoms with Crippen molar-refractivity contribution in [3.63, 3.8) is 0 Å². The normalized spacial score (nSPS) is 35.1. The summed E-state index contributed by atoms with van der Waals surface area (Å²) in [6.45, 7) is 0.574. The van der Waals surface area contributed by atoms with E-state index in [1.54, 1.807) is 0 Å². The average Bonchev–Trinajstić information content (AvgIpc) is 2.73. The Kier molecular flexibility index (Phi) is 1.83. The minimum Gasteiger partial charge on any atom is -0.467 e. The molecule has 1 saturated carbocycles. The van der Waals surface area contributed by atoms with Crippen LogP contribution < -0.4 is 0 Å². The number of carbonyl (C=O) groups is 1. The van der Waals surface area contributed by atoms with Gasteiger partial charge < -0.3 is 9.47 Å². The highest BCUT2D eigenvalue weighted by atomic mass is 16.6. The van der Waals surface area contributed by atoms with Crippen LogP contribution in [0.1, 0.15) is 25.7 Å². The highest BCUT2D eigenvalue weighted by Gasteiger charge is 2.59. The second-order valence-electron chi connectivity index (χ2n) is 3.65. The highest BCUT2D eigenvalue weighted by molar-refractivity contribution is 5.82. The summed E-state index contributed by atoms with van der Waals surface area (Å²) in [6.07, 6.45) is 4.70. The van der Waals surface area contributed by atoms with E-state index in [1.165, 1.54) is 20.0 Å². The maximum Gasteiger partial charge on any atom is 0.340 e. The molecule has 2 aliphatic rings. The molecule has 0 amide bonds. The fraction of sp³-hybridized carbons (Fsp3) is 0.889. The molecule has 0 aromatic rings. The molecule has 0 aromatic carbocycles. The molecule has 0 bridgehead atoms. The van der Waals surface area contributed by atoms with E-state index >= 15 is 0 Å². The molecule has 1 heterocycles. The van der Waals surface area contributed by atoms with Gasteiger partial charge in [0.25, 0.3) is 0 Å². The number of epoxide rings is 1. The maximum absolute atomic E-state index is 11.3. The quantitative estimate of drug-likeness (QED) is 0.460. The Morgan fingerprint density at radius 1 is 1.50 bits per heavy atom. The zero-order chi connectivity index (χ0) is 8.60. The van der Waals surface area contributed by atoms with E-state index in [-0.39, 0.29) is 5.97 Å². The standard InChI is InChI=1S/C9H14O3/c1-11-8(10)9(6-12-9)7-4-2-3-5-7/h7H,2-6H2,1H3. The van der Waals surface area contributed by atoms with Gasteiger partial charge >= 0.3 is 5.97 Å². The first kappa shape index (κ1) is 8.05. The van der Waals surface area contributed by atoms with Gasteiger partial charge in [0.15, 0.2) is 5.60 Å². The van der Waals surface area contributed by atoms with Crippen molar-refractivity contribution in [2.24, 2.45) is 5.92 Å². The molecule has 2 rings (SSSR count). The van der Waals surface area contributed by atoms with Gasteiger partial charge in [0.1, 0.15) is 0 Å². The van der Waals surface area contributed by atoms with Crippen LogP contribution in [0.25, 0.3) is 0 Å². The van der Waals surface area contributed by atoms with Gasteiger partial charge in [-0.2, -0.15) is 0 Å². The lowest BCUT2D eigenvalue weighted by Crippen LogP contribution is -2.33. The van der Waals surface area contributed by atoms with E-state index in [1.807, 2.05) is 0 Å². The summed E-state index contributed by atoms with van der Waals surface area (Å²) in [5.74, 6) is 0.249. The summed E-state index contributed by atoms with van der Waals surface area (Å²) in [6, 6.07) is 0. The van der Waals surface area contributed by atoms with Crippen molar-refractivity contribution in [1.29, 1.82) is 0 Å². The molecule has 3 heteroatoms. The summed E-state index contributed by atoms with van der Waals surface area (Å²) >= 11 is 0. The number of carbonyl (C=O) groups excluding carboxylic acids is 1. The number of esters is 1. The van der Waals surface area contributed by atoms with Crippen LogP contribution in [-0.2, 0) is 14.3 Å². The number of hydrogen-bond donors (Lipinski definition) is 0. The van der Waals surface area contributed by atoms with Gasteiger partial charge in [-0.1, -0.05) is 12.8 Å². The van der Waals surface area contributed by atoms with Crippen LogP contribution in [0.4, 0.5) is 0 Å². The number of methoxy groups -OCH3 is 1. The second kappa shape index (κ2) is 2.73. The molecule has 1 saturated heterocycles. The molecule has 1 aliphatic carbocycles. The van der Waals surface area contributed by atoms with Crippen molar-refractivity contribution >= 4 is 5.97 Å². The van der Waals surface area contributed by atoms with Crippen molar-refractivity contribution in [3.8, 4) is 0 Å². The van der Waals surface area contributed by atoms with E-state index < -0.39 is 5.60 Å². The summed E-state index contributed by atoms with van der Waals surface area (Å²) in [5, 5.41) is 0. The fourth-order valence-corrected chi connectivity index (χ4v) is 2.16. The van der Waals surface area contributed by atoms with E-state index in [2.05, 4.69) is 0 Å². The van der Waals surface area contributed by atoms with Crippen LogP contribution in [0, 0.1) is 5.92 Å². The third kappa shape index (κ3) is 1.04. The molecule has 68 valence electrons. The number of hydrogen-bond acceptors (Lipinski definition) is 3. The van der Waals surface area contributed by atoms with Crippen LogP contribution in [0.2, 0.25) is 0 Å². The number of ether oxygens (including phenoxy) is 2. The first-order valence-electron chi connectivity index (χ1n) is 4.52. The van der Waals surface area contributed by atoms with Gasteiger partial charge in [-0.15, -0.1) is 0 Å². The molecule has 2 fully saturated rings. The van der Waals surface area contributed by atoms with Crippen LogP contribution >= 0.6 is 0 Å². The molecular weight excluding hydrogens is 156 g/mol. The van der Waals surface area contributed by atoms with Crippen LogP contribution in [0.15, 0.2) is 0 Å². The monoisotopic (exact) mass is 170 g/mol. The Balaban J connectivity index is 2.05. The first-order chi connectivity index (χ1) is 5.79. The van der Waals surface area contributed by atoms with Crippen molar-refractivity contribution in [1.82, 2.24) is 0 Å². The Morgan fingerprint density at radius 2 is 2.08 bits per heavy atom. The van der Waals surface area contributed by atoms with E-state index in [9.17, 15) is 4.79 Å². The molecule has 0 radical (unpaired) electrons. The van der Waals surface area contributed by atoms with Crippen LogP contribution in [0.3, 0.4) is 0 Å². The van der Waals surface area contributed by atoms with E-state index in [0.29, 0.717) is 12.5 Å². The lowest BCUT2D eigenvalue weighted by Gasteiger charge is -2.15. The Bertz CT molecular complexity index is 190. The van der Waals surface area contributed by atoms with Crippen molar-refractivity contribution in [2.75, 3.05) is 13.7 Å². The van der Waals surface area contributed by atoms with Gasteiger partial charge in [0.05, 0.1) is 13.7 Å². The molecule has 3 nitrogen and oxygen atoms in total. The predicted octanol–water partition coefficient (Wildman–Crippen LogP) is 1.12. The zero-order valence-corrected chi connectivity index (χ0v) is 7.34. The Hall–Kier alpha value is -0.570. The predicted molar refractivity (Wildman–Crippen MR) is 42.7 cm³/mol. The molecular formula is C9H14O3. The van der Waals surface area contributed by atoms with Crippen molar-refractivity contribution in [3.05, 3.63) is 0 Å². The molecule has 1 unspecified atom stereocenters. The summed E-state index contributed by atoms with van der Waals surface area (Å²) in [7, 11) is 1.43. The van der Waals surface area contributed by atoms with Gasteiger partial charge in [-0.25, -0.2) is 4.79 Å². The lowest BCUT2D eigenvalue weighted by atomic mass is 9.91. The second-order valence-corrected chi connectivity index (χ2v) is 3.65. The summed E-state index contributed by atoms with van der Waals surface area (Å²) < 4.78 is 9.98. The van der Waals surface area contributed by atoms with Gasteiger partial charge in [0.2, 0.25) is 0 Å².